The highest BCUT2D eigenvalue weighted by atomic mass is 19.1. The second-order valence-corrected chi connectivity index (χ2v) is 3.61. The predicted molar refractivity (Wildman–Crippen MR) is 61.0 cm³/mol. The van der Waals surface area contributed by atoms with E-state index < -0.39 is 11.9 Å². The summed E-state index contributed by atoms with van der Waals surface area (Å²) in [5.74, 6) is -0.766. The Labute approximate surface area is 98.3 Å². The number of hydrogen-bond donors (Lipinski definition) is 2. The van der Waals surface area contributed by atoms with Crippen LogP contribution in [0.25, 0.3) is 0 Å². The molecule has 0 aliphatic carbocycles. The maximum atomic E-state index is 12.8. The fraction of sp³-hybridized carbons (Fsp3) is 0.273. The molecule has 1 unspecified atom stereocenters. The number of oxime groups is 1. The molecule has 1 atom stereocenters. The first-order chi connectivity index (χ1) is 7.97. The smallest absolute Gasteiger partial charge is 0.220 e. The molecule has 92 valence electrons. The number of amidine groups is 1. The predicted octanol–water partition coefficient (Wildman–Crippen LogP) is 1.09. The van der Waals surface area contributed by atoms with Crippen molar-refractivity contribution in [3.8, 4) is 0 Å². The molecule has 1 aromatic rings. The van der Waals surface area contributed by atoms with Gasteiger partial charge in [-0.2, -0.15) is 0 Å². The molecule has 0 heterocycles. The minimum Gasteiger partial charge on any atom is -0.409 e. The van der Waals surface area contributed by atoms with Crippen molar-refractivity contribution in [2.24, 2.45) is 10.9 Å². The summed E-state index contributed by atoms with van der Waals surface area (Å²) in [6.07, 6.45) is 0. The zero-order valence-corrected chi connectivity index (χ0v) is 9.59. The molecular weight excluding hydrogens is 225 g/mol. The zero-order chi connectivity index (χ0) is 13.0. The summed E-state index contributed by atoms with van der Waals surface area (Å²) in [5.41, 5.74) is 6.11. The van der Waals surface area contributed by atoms with Gasteiger partial charge in [0, 0.05) is 14.0 Å². The Balaban J connectivity index is 3.15. The molecule has 0 radical (unpaired) electrons. The fourth-order valence-corrected chi connectivity index (χ4v) is 1.47. The number of hydrogen-bond acceptors (Lipinski definition) is 3. The quantitative estimate of drug-likeness (QED) is 0.358. The second-order valence-electron chi connectivity index (χ2n) is 3.61. The normalized spacial score (nSPS) is 13.2. The van der Waals surface area contributed by atoms with Crippen molar-refractivity contribution in [3.05, 3.63) is 35.6 Å². The zero-order valence-electron chi connectivity index (χ0n) is 9.59. The standard InChI is InChI=1S/C11H14FN3O2/c1-7(16)15(2)10(11(13)14-17)8-3-5-9(12)6-4-8/h3-6,10,17H,1-2H3,(H2,13,14). The molecule has 0 saturated carbocycles. The summed E-state index contributed by atoms with van der Waals surface area (Å²) in [7, 11) is 1.52. The van der Waals surface area contributed by atoms with E-state index in [-0.39, 0.29) is 11.7 Å². The van der Waals surface area contributed by atoms with Crippen LogP contribution in [0.1, 0.15) is 18.5 Å². The third-order valence-electron chi connectivity index (χ3n) is 2.47. The van der Waals surface area contributed by atoms with Gasteiger partial charge in [-0.15, -0.1) is 0 Å². The third-order valence-corrected chi connectivity index (χ3v) is 2.47. The molecule has 0 spiro atoms. The topological polar surface area (TPSA) is 78.9 Å². The molecule has 0 saturated heterocycles. The van der Waals surface area contributed by atoms with E-state index in [0.29, 0.717) is 5.56 Å². The van der Waals surface area contributed by atoms with Crippen molar-refractivity contribution in [2.75, 3.05) is 7.05 Å². The van der Waals surface area contributed by atoms with Crippen molar-refractivity contribution in [3.63, 3.8) is 0 Å². The van der Waals surface area contributed by atoms with Crippen LogP contribution in [0, 0.1) is 5.82 Å². The highest BCUT2D eigenvalue weighted by Crippen LogP contribution is 2.20. The maximum Gasteiger partial charge on any atom is 0.220 e. The maximum absolute atomic E-state index is 12.8. The summed E-state index contributed by atoms with van der Waals surface area (Å²) in [5, 5.41) is 11.6. The van der Waals surface area contributed by atoms with Gasteiger partial charge in [-0.3, -0.25) is 4.79 Å². The van der Waals surface area contributed by atoms with Crippen LogP contribution in [0.3, 0.4) is 0 Å². The lowest BCUT2D eigenvalue weighted by molar-refractivity contribution is -0.128. The van der Waals surface area contributed by atoms with E-state index in [1.54, 1.807) is 0 Å². The van der Waals surface area contributed by atoms with Gasteiger partial charge in [0.15, 0.2) is 5.84 Å². The Hall–Kier alpha value is -2.11. The molecule has 0 fully saturated rings. The molecule has 3 N–H and O–H groups in total. The molecule has 5 nitrogen and oxygen atoms in total. The molecule has 0 aromatic heterocycles. The highest BCUT2D eigenvalue weighted by molar-refractivity contribution is 5.90. The van der Waals surface area contributed by atoms with Gasteiger partial charge in [0.1, 0.15) is 11.9 Å². The van der Waals surface area contributed by atoms with Gasteiger partial charge >= 0.3 is 0 Å². The summed E-state index contributed by atoms with van der Waals surface area (Å²) in [4.78, 5) is 12.6. The second kappa shape index (κ2) is 5.29. The first kappa shape index (κ1) is 13.0. The van der Waals surface area contributed by atoms with Crippen molar-refractivity contribution in [1.82, 2.24) is 4.90 Å². The first-order valence-corrected chi connectivity index (χ1v) is 4.93. The Bertz CT molecular complexity index is 431. The number of nitrogens with two attached hydrogens (primary N) is 1. The first-order valence-electron chi connectivity index (χ1n) is 4.93. The highest BCUT2D eigenvalue weighted by Gasteiger charge is 2.23. The van der Waals surface area contributed by atoms with Gasteiger partial charge in [0.25, 0.3) is 0 Å². The summed E-state index contributed by atoms with van der Waals surface area (Å²) in [6.45, 7) is 1.36. The lowest BCUT2D eigenvalue weighted by Crippen LogP contribution is -2.38. The average molecular weight is 239 g/mol. The van der Waals surface area contributed by atoms with Crippen LogP contribution in [-0.2, 0) is 4.79 Å². The van der Waals surface area contributed by atoms with E-state index in [9.17, 15) is 9.18 Å². The molecule has 1 amide bonds. The van der Waals surface area contributed by atoms with E-state index in [1.807, 2.05) is 0 Å². The number of halogens is 1. The number of nitrogens with zero attached hydrogens (tertiary/aromatic N) is 2. The Morgan fingerprint density at radius 2 is 2.00 bits per heavy atom. The molecule has 0 aliphatic rings. The SMILES string of the molecule is CC(=O)N(C)C(/C(N)=N/O)c1ccc(F)cc1. The molecule has 17 heavy (non-hydrogen) atoms. The van der Waals surface area contributed by atoms with Gasteiger partial charge in [-0.25, -0.2) is 4.39 Å². The molecule has 0 bridgehead atoms. The number of carbonyl (C=O) groups is 1. The number of carbonyl (C=O) groups excluding carboxylic acids is 1. The third kappa shape index (κ3) is 2.93. The van der Waals surface area contributed by atoms with Crippen LogP contribution in [0.4, 0.5) is 4.39 Å². The molecular formula is C11H14FN3O2. The largest absolute Gasteiger partial charge is 0.409 e. The lowest BCUT2D eigenvalue weighted by atomic mass is 10.0. The summed E-state index contributed by atoms with van der Waals surface area (Å²) >= 11 is 0. The van der Waals surface area contributed by atoms with Gasteiger partial charge in [-0.05, 0) is 17.7 Å². The summed E-state index contributed by atoms with van der Waals surface area (Å²) in [6, 6.07) is 4.76. The van der Waals surface area contributed by atoms with Crippen LogP contribution >= 0.6 is 0 Å². The van der Waals surface area contributed by atoms with Crippen molar-refractivity contribution in [2.45, 2.75) is 13.0 Å². The lowest BCUT2D eigenvalue weighted by Gasteiger charge is -2.26. The average Bonchev–Trinajstić information content (AvgIpc) is 2.31. The van der Waals surface area contributed by atoms with Crippen molar-refractivity contribution in [1.29, 1.82) is 0 Å². The van der Waals surface area contributed by atoms with Crippen LogP contribution < -0.4 is 5.73 Å². The number of likely N-dealkylation sites (N-methyl/N-ethyl adjacent to an activating group) is 1. The van der Waals surface area contributed by atoms with E-state index in [2.05, 4.69) is 5.16 Å². The van der Waals surface area contributed by atoms with E-state index in [0.717, 1.165) is 0 Å². The number of benzene rings is 1. The van der Waals surface area contributed by atoms with Crippen molar-refractivity contribution >= 4 is 11.7 Å². The van der Waals surface area contributed by atoms with Crippen LogP contribution in [-0.4, -0.2) is 28.9 Å². The van der Waals surface area contributed by atoms with Crippen LogP contribution in [0.15, 0.2) is 29.4 Å². The van der Waals surface area contributed by atoms with Gasteiger partial charge in [-0.1, -0.05) is 17.3 Å². The van der Waals surface area contributed by atoms with Crippen LogP contribution in [0.2, 0.25) is 0 Å². The molecule has 0 aliphatic heterocycles. The van der Waals surface area contributed by atoms with Gasteiger partial charge in [0.2, 0.25) is 5.91 Å². The molecule has 1 rings (SSSR count). The van der Waals surface area contributed by atoms with E-state index in [1.165, 1.54) is 43.1 Å². The van der Waals surface area contributed by atoms with Crippen LogP contribution in [0.5, 0.6) is 0 Å². The van der Waals surface area contributed by atoms with Crippen molar-refractivity contribution < 1.29 is 14.4 Å². The van der Waals surface area contributed by atoms with E-state index in [4.69, 9.17) is 10.9 Å². The fourth-order valence-electron chi connectivity index (χ4n) is 1.47. The monoisotopic (exact) mass is 239 g/mol. The van der Waals surface area contributed by atoms with E-state index >= 15 is 0 Å². The molecule has 6 heteroatoms. The number of rotatable bonds is 3. The Kier molecular flexibility index (Phi) is 4.03. The molecule has 1 aromatic carbocycles. The minimum absolute atomic E-state index is 0.130. The Morgan fingerprint density at radius 3 is 2.41 bits per heavy atom. The Morgan fingerprint density at radius 1 is 1.47 bits per heavy atom. The van der Waals surface area contributed by atoms with Gasteiger partial charge < -0.3 is 15.8 Å². The summed E-state index contributed by atoms with van der Waals surface area (Å²) < 4.78 is 12.8. The minimum atomic E-state index is -0.710. The van der Waals surface area contributed by atoms with Gasteiger partial charge in [0.05, 0.1) is 0 Å². The number of amides is 1.